The molecule has 3 aromatic rings. The van der Waals surface area contributed by atoms with Crippen molar-refractivity contribution in [3.05, 3.63) is 75.6 Å². The molecule has 1 saturated heterocycles. The number of rotatable bonds is 7. The van der Waals surface area contributed by atoms with Crippen LogP contribution >= 0.6 is 15.9 Å². The van der Waals surface area contributed by atoms with Crippen molar-refractivity contribution in [2.24, 2.45) is 7.05 Å². The molecule has 0 atom stereocenters. The highest BCUT2D eigenvalue weighted by molar-refractivity contribution is 9.10. The van der Waals surface area contributed by atoms with Crippen LogP contribution in [0.25, 0.3) is 0 Å². The van der Waals surface area contributed by atoms with E-state index in [0.717, 1.165) is 22.9 Å². The van der Waals surface area contributed by atoms with Gasteiger partial charge in [0.05, 0.1) is 7.11 Å². The Morgan fingerprint density at radius 1 is 1.17 bits per heavy atom. The Morgan fingerprint density at radius 3 is 2.57 bits per heavy atom. The smallest absolute Gasteiger partial charge is 0.262 e. The first-order valence-corrected chi connectivity index (χ1v) is 12.3. The lowest BCUT2D eigenvalue weighted by molar-refractivity contribution is -0.132. The number of nitrogens with zero attached hydrogens (tertiary/aromatic N) is 3. The molecular weight excluding hydrogens is 515 g/mol. The molecule has 0 aliphatic carbocycles. The maximum atomic E-state index is 13.5. The van der Waals surface area contributed by atoms with E-state index < -0.39 is 0 Å². The highest BCUT2D eigenvalue weighted by Gasteiger charge is 2.24. The molecule has 0 radical (unpaired) electrons. The van der Waals surface area contributed by atoms with Gasteiger partial charge in [-0.05, 0) is 66.6 Å². The molecule has 1 N–H and O–H groups in total. The third kappa shape index (κ3) is 6.08. The molecular formula is C26H28BrFN4O3. The minimum absolute atomic E-state index is 0.100. The average Bonchev–Trinajstić information content (AvgIpc) is 3.26. The van der Waals surface area contributed by atoms with Gasteiger partial charge in [-0.2, -0.15) is 0 Å². The zero-order valence-corrected chi connectivity index (χ0v) is 21.3. The first-order valence-electron chi connectivity index (χ1n) is 11.5. The van der Waals surface area contributed by atoms with Crippen LogP contribution in [0.3, 0.4) is 0 Å². The van der Waals surface area contributed by atoms with Crippen LogP contribution in [0.2, 0.25) is 0 Å². The van der Waals surface area contributed by atoms with Gasteiger partial charge < -0.3 is 15.0 Å². The number of halogens is 2. The lowest BCUT2D eigenvalue weighted by Crippen LogP contribution is -2.38. The normalized spacial score (nSPS) is 14.1. The van der Waals surface area contributed by atoms with E-state index in [2.05, 4.69) is 26.3 Å². The highest BCUT2D eigenvalue weighted by atomic mass is 79.9. The summed E-state index contributed by atoms with van der Waals surface area (Å²) in [5.41, 5.74) is 3.07. The summed E-state index contributed by atoms with van der Waals surface area (Å²) < 4.78 is 21.0. The SMILES string of the molecule is COc1nn(C)cc1C(=O)Nc1ccc(C2CCN(C(=O)CCc3cc(F)ccc3Br)CC2)cc1. The largest absolute Gasteiger partial charge is 0.479 e. The molecule has 0 unspecified atom stereocenters. The zero-order valence-electron chi connectivity index (χ0n) is 19.8. The van der Waals surface area contributed by atoms with Crippen LogP contribution in [-0.4, -0.2) is 46.7 Å². The fourth-order valence-corrected chi connectivity index (χ4v) is 4.85. The summed E-state index contributed by atoms with van der Waals surface area (Å²) in [5.74, 6) is 0.174. The number of methoxy groups -OCH3 is 1. The Hall–Kier alpha value is -3.20. The number of carbonyl (C=O) groups is 2. The maximum Gasteiger partial charge on any atom is 0.262 e. The van der Waals surface area contributed by atoms with Crippen molar-refractivity contribution in [2.75, 3.05) is 25.5 Å². The molecule has 0 spiro atoms. The van der Waals surface area contributed by atoms with E-state index in [9.17, 15) is 14.0 Å². The van der Waals surface area contributed by atoms with Gasteiger partial charge in [0, 0.05) is 42.9 Å². The van der Waals surface area contributed by atoms with Crippen molar-refractivity contribution in [2.45, 2.75) is 31.6 Å². The van der Waals surface area contributed by atoms with E-state index in [1.54, 1.807) is 19.3 Å². The van der Waals surface area contributed by atoms with Gasteiger partial charge >= 0.3 is 0 Å². The summed E-state index contributed by atoms with van der Waals surface area (Å²) in [4.78, 5) is 27.2. The number of aromatic nitrogens is 2. The number of carbonyl (C=O) groups excluding carboxylic acids is 2. The molecule has 0 bridgehead atoms. The van der Waals surface area contributed by atoms with E-state index >= 15 is 0 Å². The van der Waals surface area contributed by atoms with E-state index in [-0.39, 0.29) is 23.5 Å². The van der Waals surface area contributed by atoms with Crippen molar-refractivity contribution in [1.82, 2.24) is 14.7 Å². The van der Waals surface area contributed by atoms with Crippen molar-refractivity contribution in [1.29, 1.82) is 0 Å². The van der Waals surface area contributed by atoms with Crippen LogP contribution in [0.15, 0.2) is 53.1 Å². The number of aryl methyl sites for hydroxylation is 2. The first kappa shape index (κ1) is 24.9. The van der Waals surface area contributed by atoms with Crippen LogP contribution in [-0.2, 0) is 18.3 Å². The van der Waals surface area contributed by atoms with Crippen LogP contribution < -0.4 is 10.1 Å². The molecule has 0 saturated carbocycles. The number of anilines is 1. The second kappa shape index (κ2) is 11.0. The standard InChI is InChI=1S/C26H28BrFN4O3/c1-31-16-22(26(30-31)35-2)25(34)29-21-7-3-17(4-8-21)18-11-13-32(14-12-18)24(33)10-5-19-15-20(28)6-9-23(19)27/h3-4,6-9,15-16,18H,5,10-14H2,1-2H3,(H,29,34). The van der Waals surface area contributed by atoms with Gasteiger partial charge in [0.1, 0.15) is 11.4 Å². The van der Waals surface area contributed by atoms with Crippen molar-refractivity contribution in [3.63, 3.8) is 0 Å². The molecule has 1 aliphatic rings. The molecule has 4 rings (SSSR count). The Morgan fingerprint density at radius 2 is 1.89 bits per heavy atom. The summed E-state index contributed by atoms with van der Waals surface area (Å²) in [6.45, 7) is 1.40. The topological polar surface area (TPSA) is 76.5 Å². The molecule has 1 aliphatic heterocycles. The Kier molecular flexibility index (Phi) is 7.85. The van der Waals surface area contributed by atoms with Crippen molar-refractivity contribution >= 4 is 33.4 Å². The van der Waals surface area contributed by atoms with Crippen LogP contribution in [0.5, 0.6) is 5.88 Å². The molecule has 2 amide bonds. The van der Waals surface area contributed by atoms with Gasteiger partial charge in [0.15, 0.2) is 0 Å². The van der Waals surface area contributed by atoms with Crippen molar-refractivity contribution < 1.29 is 18.7 Å². The number of amides is 2. The number of ether oxygens (including phenoxy) is 1. The maximum absolute atomic E-state index is 13.5. The third-order valence-electron chi connectivity index (χ3n) is 6.34. The number of likely N-dealkylation sites (tertiary alicyclic amines) is 1. The van der Waals surface area contributed by atoms with Crippen molar-refractivity contribution in [3.8, 4) is 5.88 Å². The van der Waals surface area contributed by atoms with Crippen LogP contribution in [0, 0.1) is 5.82 Å². The second-order valence-corrected chi connectivity index (χ2v) is 9.55. The van der Waals surface area contributed by atoms with Gasteiger partial charge in [0.2, 0.25) is 11.8 Å². The number of hydrogen-bond acceptors (Lipinski definition) is 4. The van der Waals surface area contributed by atoms with Crippen LogP contribution in [0.1, 0.15) is 46.7 Å². The summed E-state index contributed by atoms with van der Waals surface area (Å²) in [7, 11) is 3.21. The fraction of sp³-hybridized carbons (Fsp3) is 0.346. The summed E-state index contributed by atoms with van der Waals surface area (Å²) in [6.07, 6.45) is 4.26. The molecule has 7 nitrogen and oxygen atoms in total. The number of benzene rings is 2. The second-order valence-electron chi connectivity index (χ2n) is 8.69. The van der Waals surface area contributed by atoms with Gasteiger partial charge in [-0.25, -0.2) is 4.39 Å². The van der Waals surface area contributed by atoms with E-state index in [0.29, 0.717) is 43.1 Å². The summed E-state index contributed by atoms with van der Waals surface area (Å²) >= 11 is 3.42. The molecule has 35 heavy (non-hydrogen) atoms. The first-order chi connectivity index (χ1) is 16.8. The summed E-state index contributed by atoms with van der Waals surface area (Å²) in [6, 6.07) is 12.4. The van der Waals surface area contributed by atoms with Gasteiger partial charge in [-0.15, -0.1) is 5.10 Å². The van der Waals surface area contributed by atoms with Gasteiger partial charge in [0.25, 0.3) is 5.91 Å². The van der Waals surface area contributed by atoms with E-state index in [1.807, 2.05) is 29.2 Å². The zero-order chi connectivity index (χ0) is 24.9. The predicted molar refractivity (Wildman–Crippen MR) is 135 cm³/mol. The Balaban J connectivity index is 1.28. The lowest BCUT2D eigenvalue weighted by Gasteiger charge is -2.32. The minimum Gasteiger partial charge on any atom is -0.479 e. The van der Waals surface area contributed by atoms with E-state index in [4.69, 9.17) is 4.74 Å². The molecule has 184 valence electrons. The van der Waals surface area contributed by atoms with Crippen LogP contribution in [0.4, 0.5) is 10.1 Å². The Bertz CT molecular complexity index is 1200. The molecule has 9 heteroatoms. The molecule has 1 aromatic heterocycles. The average molecular weight is 543 g/mol. The molecule has 2 heterocycles. The fourth-order valence-electron chi connectivity index (χ4n) is 4.41. The lowest BCUT2D eigenvalue weighted by atomic mass is 9.89. The summed E-state index contributed by atoms with van der Waals surface area (Å²) in [5, 5.41) is 6.99. The number of hydrogen-bond donors (Lipinski definition) is 1. The highest BCUT2D eigenvalue weighted by Crippen LogP contribution is 2.30. The monoisotopic (exact) mass is 542 g/mol. The quantitative estimate of drug-likeness (QED) is 0.459. The van der Waals surface area contributed by atoms with Gasteiger partial charge in [-0.3, -0.25) is 14.3 Å². The number of nitrogens with one attached hydrogen (secondary N) is 1. The number of piperidine rings is 1. The van der Waals surface area contributed by atoms with Gasteiger partial charge in [-0.1, -0.05) is 28.1 Å². The Labute approximate surface area is 212 Å². The third-order valence-corrected chi connectivity index (χ3v) is 7.11. The molecule has 1 fully saturated rings. The minimum atomic E-state index is -0.293. The molecule has 2 aromatic carbocycles. The van der Waals surface area contributed by atoms with E-state index in [1.165, 1.54) is 29.5 Å². The predicted octanol–water partition coefficient (Wildman–Crippen LogP) is 4.92.